The largest absolute Gasteiger partial charge is 0.491 e. The standard InChI is InChI=1S/C29H32O4/c1-29(2,24-11-15-26(16-12-24)31-18-28-20-33-28)23-9-5-21(6-10-23)3-4-22-7-13-25(14-8-22)30-17-27-19-32-27/h5-16,27-28H,3-4,17-20H2,1-2H3. The first kappa shape index (κ1) is 22.0. The van der Waals surface area contributed by atoms with Crippen molar-refractivity contribution in [2.24, 2.45) is 0 Å². The number of hydrogen-bond acceptors (Lipinski definition) is 4. The molecule has 0 spiro atoms. The second-order valence-corrected chi connectivity index (χ2v) is 9.52. The molecule has 0 bridgehead atoms. The predicted molar refractivity (Wildman–Crippen MR) is 129 cm³/mol. The fraction of sp³-hybridized carbons (Fsp3) is 0.379. The minimum atomic E-state index is -0.0714. The van der Waals surface area contributed by atoms with Crippen molar-refractivity contribution in [3.8, 4) is 11.5 Å². The Labute approximate surface area is 196 Å². The second kappa shape index (κ2) is 9.58. The van der Waals surface area contributed by atoms with Crippen molar-refractivity contribution in [3.05, 3.63) is 95.1 Å². The highest BCUT2D eigenvalue weighted by Gasteiger charge is 2.25. The van der Waals surface area contributed by atoms with Gasteiger partial charge in [-0.2, -0.15) is 0 Å². The first-order valence-corrected chi connectivity index (χ1v) is 11.8. The molecule has 2 heterocycles. The Morgan fingerprint density at radius 3 is 1.42 bits per heavy atom. The molecule has 0 amide bonds. The summed E-state index contributed by atoms with van der Waals surface area (Å²) in [6.45, 7) is 7.47. The van der Waals surface area contributed by atoms with E-state index < -0.39 is 0 Å². The van der Waals surface area contributed by atoms with Crippen LogP contribution in [0, 0.1) is 0 Å². The number of benzene rings is 3. The van der Waals surface area contributed by atoms with Crippen LogP contribution < -0.4 is 9.47 Å². The van der Waals surface area contributed by atoms with E-state index in [0.29, 0.717) is 19.3 Å². The maximum atomic E-state index is 5.78. The van der Waals surface area contributed by atoms with Crippen LogP contribution >= 0.6 is 0 Å². The van der Waals surface area contributed by atoms with Gasteiger partial charge in [-0.25, -0.2) is 0 Å². The molecule has 33 heavy (non-hydrogen) atoms. The monoisotopic (exact) mass is 444 g/mol. The quantitative estimate of drug-likeness (QED) is 0.374. The third-order valence-corrected chi connectivity index (χ3v) is 6.55. The summed E-state index contributed by atoms with van der Waals surface area (Å²) in [6.07, 6.45) is 2.61. The molecule has 4 nitrogen and oxygen atoms in total. The molecule has 0 aliphatic carbocycles. The van der Waals surface area contributed by atoms with Crippen molar-refractivity contribution in [1.29, 1.82) is 0 Å². The molecule has 3 aromatic rings. The van der Waals surface area contributed by atoms with E-state index in [2.05, 4.69) is 86.6 Å². The lowest BCUT2D eigenvalue weighted by Crippen LogP contribution is -2.18. The number of epoxide rings is 2. The summed E-state index contributed by atoms with van der Waals surface area (Å²) >= 11 is 0. The van der Waals surface area contributed by atoms with Crippen molar-refractivity contribution < 1.29 is 18.9 Å². The van der Waals surface area contributed by atoms with Gasteiger partial charge in [0.15, 0.2) is 0 Å². The normalized spacial score (nSPS) is 19.2. The number of ether oxygens (including phenoxy) is 4. The predicted octanol–water partition coefficient (Wildman–Crippen LogP) is 5.35. The highest BCUT2D eigenvalue weighted by molar-refractivity contribution is 5.41. The van der Waals surface area contributed by atoms with Crippen LogP contribution in [0.1, 0.15) is 36.1 Å². The molecule has 5 rings (SSSR count). The molecule has 3 aromatic carbocycles. The molecule has 172 valence electrons. The van der Waals surface area contributed by atoms with Gasteiger partial charge in [-0.05, 0) is 59.4 Å². The fourth-order valence-corrected chi connectivity index (χ4v) is 3.97. The lowest BCUT2D eigenvalue weighted by atomic mass is 9.78. The Morgan fingerprint density at radius 1 is 0.636 bits per heavy atom. The smallest absolute Gasteiger partial charge is 0.119 e. The van der Waals surface area contributed by atoms with E-state index in [1.54, 1.807) is 0 Å². The van der Waals surface area contributed by atoms with E-state index in [9.17, 15) is 0 Å². The lowest BCUT2D eigenvalue weighted by Gasteiger charge is -2.26. The van der Waals surface area contributed by atoms with E-state index in [4.69, 9.17) is 18.9 Å². The van der Waals surface area contributed by atoms with Gasteiger partial charge < -0.3 is 18.9 Å². The summed E-state index contributed by atoms with van der Waals surface area (Å²) in [7, 11) is 0. The maximum Gasteiger partial charge on any atom is 0.119 e. The summed E-state index contributed by atoms with van der Waals surface area (Å²) in [6, 6.07) is 25.9. The van der Waals surface area contributed by atoms with Crippen molar-refractivity contribution >= 4 is 0 Å². The number of rotatable bonds is 11. The molecule has 0 N–H and O–H groups in total. The molecule has 2 atom stereocenters. The number of aryl methyl sites for hydroxylation is 2. The molecule has 2 aliphatic heterocycles. The zero-order valence-electron chi connectivity index (χ0n) is 19.5. The summed E-state index contributed by atoms with van der Waals surface area (Å²) < 4.78 is 21.9. The van der Waals surface area contributed by atoms with E-state index in [1.807, 2.05) is 0 Å². The van der Waals surface area contributed by atoms with Gasteiger partial charge in [0.2, 0.25) is 0 Å². The second-order valence-electron chi connectivity index (χ2n) is 9.52. The van der Waals surface area contributed by atoms with Gasteiger partial charge in [-0.3, -0.25) is 0 Å². The van der Waals surface area contributed by atoms with E-state index in [1.165, 1.54) is 22.3 Å². The molecule has 0 aromatic heterocycles. The van der Waals surface area contributed by atoms with E-state index >= 15 is 0 Å². The molecule has 0 radical (unpaired) electrons. The number of hydrogen-bond donors (Lipinski definition) is 0. The fourth-order valence-electron chi connectivity index (χ4n) is 3.97. The van der Waals surface area contributed by atoms with Crippen molar-refractivity contribution in [3.63, 3.8) is 0 Å². The van der Waals surface area contributed by atoms with Gasteiger partial charge in [0.25, 0.3) is 0 Å². The van der Waals surface area contributed by atoms with E-state index in [-0.39, 0.29) is 11.5 Å². The summed E-state index contributed by atoms with van der Waals surface area (Å²) in [5.41, 5.74) is 5.20. The molecule has 2 unspecified atom stereocenters. The van der Waals surface area contributed by atoms with Gasteiger partial charge in [0.05, 0.1) is 13.2 Å². The van der Waals surface area contributed by atoms with Gasteiger partial charge in [-0.15, -0.1) is 0 Å². The highest BCUT2D eigenvalue weighted by Crippen LogP contribution is 2.33. The van der Waals surface area contributed by atoms with Gasteiger partial charge in [0.1, 0.15) is 36.9 Å². The Bertz CT molecular complexity index is 1030. The van der Waals surface area contributed by atoms with Gasteiger partial charge >= 0.3 is 0 Å². The van der Waals surface area contributed by atoms with Crippen LogP contribution in [0.3, 0.4) is 0 Å². The zero-order valence-corrected chi connectivity index (χ0v) is 19.5. The zero-order chi connectivity index (χ0) is 22.7. The molecule has 4 heteroatoms. The maximum absolute atomic E-state index is 5.78. The van der Waals surface area contributed by atoms with Gasteiger partial charge in [0, 0.05) is 5.41 Å². The summed E-state index contributed by atoms with van der Waals surface area (Å²) in [4.78, 5) is 0. The molecular weight excluding hydrogens is 412 g/mol. The van der Waals surface area contributed by atoms with Crippen LogP contribution in [0.25, 0.3) is 0 Å². The Balaban J connectivity index is 1.15. The third kappa shape index (κ3) is 5.95. The van der Waals surface area contributed by atoms with Crippen LogP contribution in [0.15, 0.2) is 72.8 Å². The van der Waals surface area contributed by atoms with Crippen LogP contribution in [0.2, 0.25) is 0 Å². The molecule has 2 fully saturated rings. The first-order chi connectivity index (χ1) is 16.1. The summed E-state index contributed by atoms with van der Waals surface area (Å²) in [5, 5.41) is 0. The van der Waals surface area contributed by atoms with Crippen LogP contribution in [-0.4, -0.2) is 38.6 Å². The topological polar surface area (TPSA) is 43.5 Å². The Hall–Kier alpha value is -2.82. The minimum Gasteiger partial charge on any atom is -0.491 e. The third-order valence-electron chi connectivity index (χ3n) is 6.55. The molecular formula is C29H32O4. The van der Waals surface area contributed by atoms with Crippen molar-refractivity contribution in [2.45, 2.75) is 44.3 Å². The average molecular weight is 445 g/mol. The minimum absolute atomic E-state index is 0.0714. The van der Waals surface area contributed by atoms with Crippen LogP contribution in [0.4, 0.5) is 0 Å². The van der Waals surface area contributed by atoms with Crippen LogP contribution in [0.5, 0.6) is 11.5 Å². The van der Waals surface area contributed by atoms with Crippen molar-refractivity contribution in [1.82, 2.24) is 0 Å². The Morgan fingerprint density at radius 2 is 1.00 bits per heavy atom. The first-order valence-electron chi connectivity index (χ1n) is 11.8. The lowest BCUT2D eigenvalue weighted by molar-refractivity contribution is 0.263. The molecule has 0 saturated carbocycles. The van der Waals surface area contributed by atoms with Gasteiger partial charge in [-0.1, -0.05) is 62.4 Å². The summed E-state index contributed by atoms with van der Waals surface area (Å²) in [5.74, 6) is 1.81. The molecule has 2 aliphatic rings. The van der Waals surface area contributed by atoms with Crippen molar-refractivity contribution in [2.75, 3.05) is 26.4 Å². The highest BCUT2D eigenvalue weighted by atomic mass is 16.6. The Kier molecular flexibility index (Phi) is 6.39. The SMILES string of the molecule is CC(C)(c1ccc(CCc2ccc(OCC3CO3)cc2)cc1)c1ccc(OCC2CO2)cc1. The average Bonchev–Trinajstić information content (AvgIpc) is 3.77. The molecule has 2 saturated heterocycles. The van der Waals surface area contributed by atoms with E-state index in [0.717, 1.165) is 37.6 Å². The van der Waals surface area contributed by atoms with Crippen LogP contribution in [-0.2, 0) is 27.7 Å².